The van der Waals surface area contributed by atoms with Crippen LogP contribution in [-0.4, -0.2) is 40.1 Å². The third-order valence-corrected chi connectivity index (χ3v) is 5.60. The zero-order valence-electron chi connectivity index (χ0n) is 15.1. The minimum Gasteiger partial charge on any atom is -0.337 e. The molecule has 1 spiro atoms. The zero-order chi connectivity index (χ0) is 15.8. The lowest BCUT2D eigenvalue weighted by molar-refractivity contribution is 0.167. The highest BCUT2D eigenvalue weighted by Crippen LogP contribution is 2.56. The largest absolute Gasteiger partial charge is 0.337 e. The second-order valence-electron chi connectivity index (χ2n) is 8.57. The summed E-state index contributed by atoms with van der Waals surface area (Å²) in [6.45, 7) is 11.6. The molecule has 1 atom stereocenters. The molecule has 3 rings (SSSR count). The van der Waals surface area contributed by atoms with Gasteiger partial charge in [0.1, 0.15) is 5.82 Å². The Balaban J connectivity index is 0.00000192. The van der Waals surface area contributed by atoms with Crippen molar-refractivity contribution in [1.29, 1.82) is 0 Å². The van der Waals surface area contributed by atoms with Crippen LogP contribution in [0.25, 0.3) is 0 Å². The van der Waals surface area contributed by atoms with Crippen molar-refractivity contribution in [3.8, 4) is 0 Å². The van der Waals surface area contributed by atoms with Gasteiger partial charge in [-0.1, -0.05) is 20.8 Å². The van der Waals surface area contributed by atoms with E-state index in [-0.39, 0.29) is 12.4 Å². The Morgan fingerprint density at radius 1 is 1.35 bits per heavy atom. The number of nitrogens with zero attached hydrogens (tertiary/aromatic N) is 3. The highest BCUT2D eigenvalue weighted by Gasteiger charge is 2.56. The van der Waals surface area contributed by atoms with Crippen LogP contribution < -0.4 is 5.32 Å². The van der Waals surface area contributed by atoms with Crippen molar-refractivity contribution in [2.45, 2.75) is 59.0 Å². The van der Waals surface area contributed by atoms with Gasteiger partial charge in [-0.05, 0) is 56.1 Å². The van der Waals surface area contributed by atoms with Crippen molar-refractivity contribution in [3.05, 3.63) is 18.2 Å². The third kappa shape index (κ3) is 4.49. The summed E-state index contributed by atoms with van der Waals surface area (Å²) in [5.74, 6) is 1.20. The summed E-state index contributed by atoms with van der Waals surface area (Å²) in [6.07, 6.45) is 9.33. The molecule has 1 unspecified atom stereocenters. The van der Waals surface area contributed by atoms with Crippen molar-refractivity contribution in [2.75, 3.05) is 19.6 Å². The van der Waals surface area contributed by atoms with Crippen molar-refractivity contribution in [2.24, 2.45) is 17.9 Å². The van der Waals surface area contributed by atoms with E-state index in [1.54, 1.807) is 0 Å². The highest BCUT2D eigenvalue weighted by atomic mass is 35.5. The van der Waals surface area contributed by atoms with E-state index in [2.05, 4.69) is 53.8 Å². The molecule has 1 aliphatic heterocycles. The van der Waals surface area contributed by atoms with Crippen LogP contribution in [0.15, 0.2) is 12.4 Å². The van der Waals surface area contributed by atoms with Crippen LogP contribution in [0.1, 0.15) is 52.3 Å². The molecule has 4 nitrogen and oxygen atoms in total. The van der Waals surface area contributed by atoms with Gasteiger partial charge >= 0.3 is 0 Å². The van der Waals surface area contributed by atoms with Crippen molar-refractivity contribution >= 4 is 12.4 Å². The van der Waals surface area contributed by atoms with Crippen LogP contribution in [0.2, 0.25) is 0 Å². The predicted molar refractivity (Wildman–Crippen MR) is 97.9 cm³/mol. The molecule has 1 N–H and O–H groups in total. The van der Waals surface area contributed by atoms with Crippen LogP contribution in [-0.2, 0) is 13.6 Å². The summed E-state index contributed by atoms with van der Waals surface area (Å²) < 4.78 is 2.17. The molecule has 1 aromatic heterocycles. The second-order valence-corrected chi connectivity index (χ2v) is 8.57. The van der Waals surface area contributed by atoms with E-state index in [0.717, 1.165) is 12.6 Å². The molecule has 0 radical (unpaired) electrons. The number of rotatable bonds is 5. The quantitative estimate of drug-likeness (QED) is 0.893. The van der Waals surface area contributed by atoms with Crippen molar-refractivity contribution < 1.29 is 0 Å². The molecule has 1 aliphatic carbocycles. The standard InChI is InChI=1S/C18H32N4.ClH/c1-17(2,3)7-11-22(14-16-20-10-12-21(16)4)15-13-18(15)5-8-19-9-6-18;/h10,12,15,19H,5-9,11,13-14H2,1-4H3;1H. The SMILES string of the molecule is Cl.Cn1ccnc1CN(CCC(C)(C)C)C1CC12CCNCC2. The van der Waals surface area contributed by atoms with E-state index in [9.17, 15) is 0 Å². The summed E-state index contributed by atoms with van der Waals surface area (Å²) >= 11 is 0. The lowest BCUT2D eigenvalue weighted by Gasteiger charge is -2.31. The van der Waals surface area contributed by atoms with Gasteiger partial charge < -0.3 is 9.88 Å². The first-order valence-electron chi connectivity index (χ1n) is 8.81. The maximum atomic E-state index is 4.55. The first-order chi connectivity index (χ1) is 10.4. The topological polar surface area (TPSA) is 33.1 Å². The maximum Gasteiger partial charge on any atom is 0.122 e. The van der Waals surface area contributed by atoms with Crippen LogP contribution in [0.5, 0.6) is 0 Å². The fourth-order valence-corrected chi connectivity index (χ4v) is 3.86. The fourth-order valence-electron chi connectivity index (χ4n) is 3.86. The van der Waals surface area contributed by atoms with E-state index < -0.39 is 0 Å². The van der Waals surface area contributed by atoms with Crippen molar-refractivity contribution in [3.63, 3.8) is 0 Å². The molecular formula is C18H33ClN4. The summed E-state index contributed by atoms with van der Waals surface area (Å²) in [7, 11) is 2.11. The lowest BCUT2D eigenvalue weighted by atomic mass is 9.91. The molecule has 1 aromatic rings. The molecule has 132 valence electrons. The first-order valence-corrected chi connectivity index (χ1v) is 8.81. The molecule has 23 heavy (non-hydrogen) atoms. The smallest absolute Gasteiger partial charge is 0.122 e. The molecule has 5 heteroatoms. The zero-order valence-corrected chi connectivity index (χ0v) is 16.0. The lowest BCUT2D eigenvalue weighted by Crippen LogP contribution is -2.37. The number of hydrogen-bond acceptors (Lipinski definition) is 3. The Morgan fingerprint density at radius 2 is 2.04 bits per heavy atom. The summed E-state index contributed by atoms with van der Waals surface area (Å²) in [5.41, 5.74) is 1.00. The highest BCUT2D eigenvalue weighted by molar-refractivity contribution is 5.85. The molecular weight excluding hydrogens is 308 g/mol. The fraction of sp³-hybridized carbons (Fsp3) is 0.833. The van der Waals surface area contributed by atoms with E-state index in [4.69, 9.17) is 0 Å². The predicted octanol–water partition coefficient (Wildman–Crippen LogP) is 3.22. The van der Waals surface area contributed by atoms with Gasteiger partial charge in [0.05, 0.1) is 6.54 Å². The van der Waals surface area contributed by atoms with Crippen LogP contribution in [0, 0.1) is 10.8 Å². The van der Waals surface area contributed by atoms with Crippen LogP contribution in [0.3, 0.4) is 0 Å². The van der Waals surface area contributed by atoms with Gasteiger partial charge in [-0.25, -0.2) is 4.98 Å². The minimum absolute atomic E-state index is 0. The molecule has 2 heterocycles. The summed E-state index contributed by atoms with van der Waals surface area (Å²) in [6, 6.07) is 0.772. The average molecular weight is 341 g/mol. The Morgan fingerprint density at radius 3 is 2.61 bits per heavy atom. The number of halogens is 1. The average Bonchev–Trinajstić information content (AvgIpc) is 2.97. The van der Waals surface area contributed by atoms with E-state index in [1.807, 2.05) is 6.20 Å². The number of hydrogen-bond donors (Lipinski definition) is 1. The summed E-state index contributed by atoms with van der Waals surface area (Å²) in [5, 5.41) is 3.52. The Labute approximate surface area is 147 Å². The molecule has 1 saturated carbocycles. The number of piperidine rings is 1. The number of nitrogens with one attached hydrogen (secondary N) is 1. The minimum atomic E-state index is 0. The van der Waals surface area contributed by atoms with E-state index >= 15 is 0 Å². The monoisotopic (exact) mass is 340 g/mol. The van der Waals surface area contributed by atoms with Gasteiger partial charge in [0.25, 0.3) is 0 Å². The van der Waals surface area contributed by atoms with Gasteiger partial charge in [0.2, 0.25) is 0 Å². The van der Waals surface area contributed by atoms with Gasteiger partial charge in [-0.3, -0.25) is 4.90 Å². The number of imidazole rings is 1. The Bertz CT molecular complexity index is 499. The third-order valence-electron chi connectivity index (χ3n) is 5.60. The maximum absolute atomic E-state index is 4.55. The summed E-state index contributed by atoms with van der Waals surface area (Å²) in [4.78, 5) is 7.27. The van der Waals surface area contributed by atoms with E-state index in [0.29, 0.717) is 10.8 Å². The van der Waals surface area contributed by atoms with Gasteiger partial charge in [-0.15, -0.1) is 12.4 Å². The number of aryl methyl sites for hydroxylation is 1. The molecule has 0 aromatic carbocycles. The molecule has 0 amide bonds. The normalized spacial score (nSPS) is 23.1. The molecule has 2 fully saturated rings. The van der Waals surface area contributed by atoms with Crippen molar-refractivity contribution in [1.82, 2.24) is 19.8 Å². The van der Waals surface area contributed by atoms with Crippen LogP contribution >= 0.6 is 12.4 Å². The van der Waals surface area contributed by atoms with Crippen LogP contribution in [0.4, 0.5) is 0 Å². The van der Waals surface area contributed by atoms with E-state index in [1.165, 1.54) is 51.1 Å². The number of aromatic nitrogens is 2. The molecule has 1 saturated heterocycles. The Kier molecular flexibility index (Phi) is 5.81. The Hall–Kier alpha value is -0.580. The van der Waals surface area contributed by atoms with Gasteiger partial charge in [0.15, 0.2) is 0 Å². The molecule has 0 bridgehead atoms. The van der Waals surface area contributed by atoms with Gasteiger partial charge in [-0.2, -0.15) is 0 Å². The van der Waals surface area contributed by atoms with Gasteiger partial charge in [0, 0.05) is 25.5 Å². The second kappa shape index (κ2) is 7.12. The molecule has 2 aliphatic rings. The first kappa shape index (κ1) is 18.8.